The summed E-state index contributed by atoms with van der Waals surface area (Å²) in [5, 5.41) is 5.28. The molecule has 30 heavy (non-hydrogen) atoms. The minimum atomic E-state index is -0.954. The van der Waals surface area contributed by atoms with E-state index in [9.17, 15) is 23.2 Å². The number of carbonyl (C=O) groups is 3. The number of halogens is 3. The van der Waals surface area contributed by atoms with Crippen LogP contribution in [0, 0.1) is 11.6 Å². The fraction of sp³-hybridized carbons (Fsp3) is 0.150. The summed E-state index contributed by atoms with van der Waals surface area (Å²) in [6, 6.07) is 7.93. The van der Waals surface area contributed by atoms with E-state index in [0.29, 0.717) is 16.7 Å². The highest BCUT2D eigenvalue weighted by Gasteiger charge is 2.43. The Hall–Kier alpha value is -3.46. The maximum absolute atomic E-state index is 13.8. The largest absolute Gasteiger partial charge is 0.456 e. The number of amides is 3. The zero-order valence-corrected chi connectivity index (χ0v) is 16.0. The third kappa shape index (κ3) is 3.59. The smallest absolute Gasteiger partial charge is 0.338 e. The molecular formula is C20H14ClF2N3O4. The Morgan fingerprint density at radius 1 is 1.23 bits per heavy atom. The van der Waals surface area contributed by atoms with Crippen molar-refractivity contribution in [3.05, 3.63) is 76.0 Å². The number of nitrogens with one attached hydrogen (secondary N) is 2. The number of urea groups is 1. The van der Waals surface area contributed by atoms with Gasteiger partial charge in [-0.05, 0) is 23.8 Å². The van der Waals surface area contributed by atoms with Crippen LogP contribution in [0.25, 0.3) is 0 Å². The highest BCUT2D eigenvalue weighted by molar-refractivity contribution is 6.31. The van der Waals surface area contributed by atoms with Crippen molar-refractivity contribution in [1.82, 2.24) is 10.2 Å². The predicted octanol–water partition coefficient (Wildman–Crippen LogP) is 3.13. The van der Waals surface area contributed by atoms with Crippen LogP contribution in [0.2, 0.25) is 5.02 Å². The molecule has 7 nitrogen and oxygen atoms in total. The monoisotopic (exact) mass is 433 g/mol. The van der Waals surface area contributed by atoms with Crippen LogP contribution >= 0.6 is 11.6 Å². The molecule has 0 unspecified atom stereocenters. The van der Waals surface area contributed by atoms with Crippen LogP contribution in [0.15, 0.2) is 53.7 Å². The van der Waals surface area contributed by atoms with Gasteiger partial charge in [0.2, 0.25) is 5.91 Å². The zero-order chi connectivity index (χ0) is 21.4. The van der Waals surface area contributed by atoms with E-state index in [0.717, 1.165) is 17.0 Å². The number of cyclic esters (lactones) is 1. The average molecular weight is 434 g/mol. The Balaban J connectivity index is 1.61. The molecule has 0 bridgehead atoms. The molecule has 1 atom stereocenters. The molecule has 2 aromatic rings. The number of hydrogen-bond donors (Lipinski definition) is 2. The van der Waals surface area contributed by atoms with Gasteiger partial charge >= 0.3 is 12.0 Å². The molecule has 0 fully saturated rings. The summed E-state index contributed by atoms with van der Waals surface area (Å²) >= 11 is 6.21. The van der Waals surface area contributed by atoms with Crippen molar-refractivity contribution in [2.24, 2.45) is 0 Å². The van der Waals surface area contributed by atoms with Crippen molar-refractivity contribution in [3.8, 4) is 0 Å². The first kappa shape index (κ1) is 19.8. The lowest BCUT2D eigenvalue weighted by Crippen LogP contribution is -2.49. The highest BCUT2D eigenvalue weighted by Crippen LogP contribution is 2.37. The SMILES string of the molecule is O=C(CN1C(=O)N[C@@H](c2ccccc2Cl)C2=C1COC2=O)Nc1ccc(F)cc1F. The lowest BCUT2D eigenvalue weighted by Gasteiger charge is -2.32. The summed E-state index contributed by atoms with van der Waals surface area (Å²) in [6.07, 6.45) is 0. The molecular weight excluding hydrogens is 420 g/mol. The van der Waals surface area contributed by atoms with Crippen molar-refractivity contribution in [3.63, 3.8) is 0 Å². The van der Waals surface area contributed by atoms with Crippen molar-refractivity contribution >= 4 is 35.2 Å². The molecule has 2 aliphatic heterocycles. The first-order chi connectivity index (χ1) is 14.3. The number of hydrogen-bond acceptors (Lipinski definition) is 4. The number of benzene rings is 2. The molecule has 2 N–H and O–H groups in total. The first-order valence-electron chi connectivity index (χ1n) is 8.82. The summed E-state index contributed by atoms with van der Waals surface area (Å²) < 4.78 is 31.9. The second-order valence-electron chi connectivity index (χ2n) is 6.60. The molecule has 0 spiro atoms. The number of rotatable bonds is 4. The summed E-state index contributed by atoms with van der Waals surface area (Å²) in [6.45, 7) is -0.700. The van der Waals surface area contributed by atoms with Gasteiger partial charge < -0.3 is 15.4 Å². The van der Waals surface area contributed by atoms with Gasteiger partial charge in [-0.1, -0.05) is 29.8 Å². The second kappa shape index (κ2) is 7.75. The van der Waals surface area contributed by atoms with Crippen LogP contribution in [-0.2, 0) is 14.3 Å². The second-order valence-corrected chi connectivity index (χ2v) is 7.01. The number of ether oxygens (including phenoxy) is 1. The van der Waals surface area contributed by atoms with E-state index in [1.807, 2.05) is 0 Å². The Morgan fingerprint density at radius 3 is 2.73 bits per heavy atom. The Morgan fingerprint density at radius 2 is 2.00 bits per heavy atom. The molecule has 4 rings (SSSR count). The number of nitrogens with zero attached hydrogens (tertiary/aromatic N) is 1. The van der Waals surface area contributed by atoms with Crippen molar-refractivity contribution in [2.45, 2.75) is 6.04 Å². The Labute approximate surface area is 174 Å². The molecule has 2 heterocycles. The number of anilines is 1. The molecule has 2 aliphatic rings. The van der Waals surface area contributed by atoms with Crippen molar-refractivity contribution in [2.75, 3.05) is 18.5 Å². The predicted molar refractivity (Wildman–Crippen MR) is 102 cm³/mol. The average Bonchev–Trinajstić information content (AvgIpc) is 3.08. The summed E-state index contributed by atoms with van der Waals surface area (Å²) in [7, 11) is 0. The van der Waals surface area contributed by atoms with Crippen LogP contribution in [0.5, 0.6) is 0 Å². The van der Waals surface area contributed by atoms with Gasteiger partial charge in [0.15, 0.2) is 0 Å². The fourth-order valence-electron chi connectivity index (χ4n) is 3.35. The van der Waals surface area contributed by atoms with E-state index < -0.39 is 42.1 Å². The third-order valence-electron chi connectivity index (χ3n) is 4.72. The summed E-state index contributed by atoms with van der Waals surface area (Å²) in [4.78, 5) is 38.4. The standard InChI is InChI=1S/C20H14ClF2N3O4/c21-12-4-2-1-3-11(12)18-17-15(9-30-19(17)28)26(20(29)25-18)8-16(27)24-14-6-5-10(22)7-13(14)23/h1-7,18H,8-9H2,(H,24,27)(H,25,29)/t18-/m0/s1. The molecule has 2 aromatic carbocycles. The Kier molecular flexibility index (Phi) is 5.13. The quantitative estimate of drug-likeness (QED) is 0.725. The van der Waals surface area contributed by atoms with Gasteiger partial charge in [-0.2, -0.15) is 0 Å². The maximum Gasteiger partial charge on any atom is 0.338 e. The number of esters is 1. The fourth-order valence-corrected chi connectivity index (χ4v) is 3.59. The highest BCUT2D eigenvalue weighted by atomic mass is 35.5. The number of carbonyl (C=O) groups excluding carboxylic acids is 3. The van der Waals surface area contributed by atoms with E-state index in [1.54, 1.807) is 24.3 Å². The van der Waals surface area contributed by atoms with Gasteiger partial charge in [-0.3, -0.25) is 9.69 Å². The van der Waals surface area contributed by atoms with Crippen molar-refractivity contribution in [1.29, 1.82) is 0 Å². The molecule has 0 radical (unpaired) electrons. The van der Waals surface area contributed by atoms with E-state index >= 15 is 0 Å². The molecule has 0 aromatic heterocycles. The van der Waals surface area contributed by atoms with Gasteiger partial charge in [-0.25, -0.2) is 18.4 Å². The van der Waals surface area contributed by atoms with Crippen LogP contribution < -0.4 is 10.6 Å². The van der Waals surface area contributed by atoms with Crippen LogP contribution in [-0.4, -0.2) is 36.0 Å². The van der Waals surface area contributed by atoms with Gasteiger partial charge in [0, 0.05) is 11.1 Å². The van der Waals surface area contributed by atoms with Gasteiger partial charge in [0.1, 0.15) is 24.8 Å². The Bertz CT molecular complexity index is 1110. The minimum absolute atomic E-state index is 0.170. The van der Waals surface area contributed by atoms with Gasteiger partial charge in [0.25, 0.3) is 0 Å². The first-order valence-corrected chi connectivity index (χ1v) is 9.20. The van der Waals surface area contributed by atoms with Crippen LogP contribution in [0.3, 0.4) is 0 Å². The minimum Gasteiger partial charge on any atom is -0.456 e. The molecule has 154 valence electrons. The lowest BCUT2D eigenvalue weighted by atomic mass is 9.95. The summed E-state index contributed by atoms with van der Waals surface area (Å²) in [5.41, 5.74) is 0.670. The van der Waals surface area contributed by atoms with E-state index in [2.05, 4.69) is 10.6 Å². The maximum atomic E-state index is 13.8. The van der Waals surface area contributed by atoms with E-state index in [1.165, 1.54) is 0 Å². The molecule has 0 saturated heterocycles. The van der Waals surface area contributed by atoms with E-state index in [4.69, 9.17) is 16.3 Å². The molecule has 0 saturated carbocycles. The third-order valence-corrected chi connectivity index (χ3v) is 5.07. The van der Waals surface area contributed by atoms with E-state index in [-0.39, 0.29) is 23.6 Å². The topological polar surface area (TPSA) is 87.7 Å². The van der Waals surface area contributed by atoms with Crippen LogP contribution in [0.1, 0.15) is 11.6 Å². The molecule has 10 heteroatoms. The summed E-state index contributed by atoms with van der Waals surface area (Å²) in [5.74, 6) is -3.12. The van der Waals surface area contributed by atoms with Crippen LogP contribution in [0.4, 0.5) is 19.3 Å². The zero-order valence-electron chi connectivity index (χ0n) is 15.2. The molecule has 0 aliphatic carbocycles. The molecule has 3 amide bonds. The van der Waals surface area contributed by atoms with Gasteiger partial charge in [0.05, 0.1) is 23.0 Å². The normalized spacial score (nSPS) is 18.1. The van der Waals surface area contributed by atoms with Gasteiger partial charge in [-0.15, -0.1) is 0 Å². The van der Waals surface area contributed by atoms with Crippen molar-refractivity contribution < 1.29 is 27.9 Å². The lowest BCUT2D eigenvalue weighted by molar-refractivity contribution is -0.136.